The van der Waals surface area contributed by atoms with Gasteiger partial charge in [-0.05, 0) is 0 Å². The maximum Gasteiger partial charge on any atom is 0.274 e. The van der Waals surface area contributed by atoms with Gasteiger partial charge in [0.15, 0.2) is 5.69 Å². The molecule has 1 saturated heterocycles. The summed E-state index contributed by atoms with van der Waals surface area (Å²) in [5.41, 5.74) is 2.74. The van der Waals surface area contributed by atoms with Crippen molar-refractivity contribution in [1.82, 2.24) is 24.9 Å². The maximum atomic E-state index is 12.6. The minimum atomic E-state index is -0.0175. The molecule has 0 saturated carbocycles. The number of amides is 2. The van der Waals surface area contributed by atoms with Gasteiger partial charge in [0.1, 0.15) is 0 Å². The molecule has 108 valence electrons. The Balaban J connectivity index is 1.79. The normalized spacial score (nSPS) is 18.9. The van der Waals surface area contributed by atoms with Gasteiger partial charge in [0.25, 0.3) is 5.91 Å². The van der Waals surface area contributed by atoms with E-state index in [9.17, 15) is 9.59 Å². The van der Waals surface area contributed by atoms with Crippen LogP contribution in [-0.4, -0.2) is 64.6 Å². The highest BCUT2D eigenvalue weighted by molar-refractivity contribution is 5.94. The molecule has 0 aromatic carbocycles. The van der Waals surface area contributed by atoms with Crippen LogP contribution in [0.15, 0.2) is 0 Å². The van der Waals surface area contributed by atoms with E-state index in [1.807, 2.05) is 11.7 Å². The smallest absolute Gasteiger partial charge is 0.274 e. The van der Waals surface area contributed by atoms with Gasteiger partial charge < -0.3 is 15.1 Å². The lowest BCUT2D eigenvalue weighted by atomic mass is 10.1. The van der Waals surface area contributed by atoms with E-state index < -0.39 is 0 Å². The number of aromatic nitrogens is 2. The summed E-state index contributed by atoms with van der Waals surface area (Å²) >= 11 is 0. The number of hydrogen-bond acceptors (Lipinski definition) is 4. The lowest BCUT2D eigenvalue weighted by Crippen LogP contribution is -2.48. The maximum absolute atomic E-state index is 12.6. The average Bonchev–Trinajstić information content (AvgIpc) is 2.84. The Morgan fingerprint density at radius 1 is 1.30 bits per heavy atom. The van der Waals surface area contributed by atoms with Crippen LogP contribution in [-0.2, 0) is 24.8 Å². The van der Waals surface area contributed by atoms with Crippen molar-refractivity contribution in [3.63, 3.8) is 0 Å². The van der Waals surface area contributed by atoms with Gasteiger partial charge in [-0.1, -0.05) is 0 Å². The van der Waals surface area contributed by atoms with E-state index in [1.54, 1.807) is 9.80 Å². The SMILES string of the molecule is Cn1nc(C(=O)N2CCN(C=O)CC2)c2c1CCNC2. The van der Waals surface area contributed by atoms with E-state index in [-0.39, 0.29) is 5.91 Å². The van der Waals surface area contributed by atoms with Crippen molar-refractivity contribution in [2.45, 2.75) is 13.0 Å². The molecular formula is C13H19N5O2. The Labute approximate surface area is 117 Å². The summed E-state index contributed by atoms with van der Waals surface area (Å²) in [6, 6.07) is 0. The van der Waals surface area contributed by atoms with Crippen LogP contribution in [0.2, 0.25) is 0 Å². The topological polar surface area (TPSA) is 70.5 Å². The summed E-state index contributed by atoms with van der Waals surface area (Å²) in [7, 11) is 1.89. The van der Waals surface area contributed by atoms with Gasteiger partial charge in [-0.15, -0.1) is 0 Å². The molecule has 0 radical (unpaired) electrons. The molecule has 1 aromatic heterocycles. The first-order valence-electron chi connectivity index (χ1n) is 6.95. The number of nitrogens with zero attached hydrogens (tertiary/aromatic N) is 4. The number of fused-ring (bicyclic) bond motifs is 1. The van der Waals surface area contributed by atoms with Crippen molar-refractivity contribution >= 4 is 12.3 Å². The first kappa shape index (κ1) is 13.1. The molecule has 1 N–H and O–H groups in total. The first-order chi connectivity index (χ1) is 9.70. The van der Waals surface area contributed by atoms with Crippen molar-refractivity contribution in [3.8, 4) is 0 Å². The fourth-order valence-electron chi connectivity index (χ4n) is 2.87. The van der Waals surface area contributed by atoms with Crippen LogP contribution in [0, 0.1) is 0 Å². The highest BCUT2D eigenvalue weighted by atomic mass is 16.2. The number of carbonyl (C=O) groups excluding carboxylic acids is 2. The number of aryl methyl sites for hydroxylation is 1. The summed E-state index contributed by atoms with van der Waals surface area (Å²) in [5, 5.41) is 7.70. The Hall–Kier alpha value is -1.89. The molecule has 3 heterocycles. The summed E-state index contributed by atoms with van der Waals surface area (Å²) in [6.45, 7) is 3.99. The van der Waals surface area contributed by atoms with Gasteiger partial charge in [0, 0.05) is 64.0 Å². The van der Waals surface area contributed by atoms with Crippen molar-refractivity contribution < 1.29 is 9.59 Å². The van der Waals surface area contributed by atoms with E-state index in [1.165, 1.54) is 0 Å². The summed E-state index contributed by atoms with van der Waals surface area (Å²) < 4.78 is 1.82. The summed E-state index contributed by atoms with van der Waals surface area (Å²) in [6.07, 6.45) is 1.75. The van der Waals surface area contributed by atoms with Crippen molar-refractivity contribution in [1.29, 1.82) is 0 Å². The fourth-order valence-corrected chi connectivity index (χ4v) is 2.87. The molecule has 0 atom stereocenters. The second-order valence-electron chi connectivity index (χ2n) is 5.26. The number of hydrogen-bond donors (Lipinski definition) is 1. The minimum absolute atomic E-state index is 0.0175. The van der Waals surface area contributed by atoms with Gasteiger partial charge >= 0.3 is 0 Å². The Bertz CT molecular complexity index is 531. The first-order valence-corrected chi connectivity index (χ1v) is 6.95. The second kappa shape index (κ2) is 5.24. The lowest BCUT2D eigenvalue weighted by Gasteiger charge is -2.32. The molecule has 2 aliphatic heterocycles. The van der Waals surface area contributed by atoms with Gasteiger partial charge in [0.2, 0.25) is 6.41 Å². The third kappa shape index (κ3) is 2.18. The molecule has 3 rings (SSSR count). The van der Waals surface area contributed by atoms with Crippen molar-refractivity contribution in [2.75, 3.05) is 32.7 Å². The Morgan fingerprint density at radius 3 is 2.75 bits per heavy atom. The second-order valence-corrected chi connectivity index (χ2v) is 5.26. The number of nitrogens with one attached hydrogen (secondary N) is 1. The van der Waals surface area contributed by atoms with Gasteiger partial charge in [0.05, 0.1) is 0 Å². The molecule has 7 nitrogen and oxygen atoms in total. The average molecular weight is 277 g/mol. The summed E-state index contributed by atoms with van der Waals surface area (Å²) in [4.78, 5) is 26.8. The molecule has 2 amide bonds. The van der Waals surface area contributed by atoms with Crippen LogP contribution in [0.5, 0.6) is 0 Å². The Kier molecular flexibility index (Phi) is 3.43. The molecule has 20 heavy (non-hydrogen) atoms. The molecule has 0 bridgehead atoms. The van der Waals surface area contributed by atoms with Crippen LogP contribution in [0.3, 0.4) is 0 Å². The van der Waals surface area contributed by atoms with Crippen LogP contribution >= 0.6 is 0 Å². The van der Waals surface area contributed by atoms with Gasteiger partial charge in [-0.25, -0.2) is 0 Å². The van der Waals surface area contributed by atoms with E-state index in [0.29, 0.717) is 38.4 Å². The molecule has 7 heteroatoms. The monoisotopic (exact) mass is 277 g/mol. The van der Waals surface area contributed by atoms with Crippen LogP contribution in [0.1, 0.15) is 21.7 Å². The molecular weight excluding hydrogens is 258 g/mol. The number of rotatable bonds is 2. The zero-order valence-corrected chi connectivity index (χ0v) is 11.6. The van der Waals surface area contributed by atoms with E-state index in [4.69, 9.17) is 0 Å². The minimum Gasteiger partial charge on any atom is -0.342 e. The standard InChI is InChI=1S/C13H19N5O2/c1-16-11-2-3-14-8-10(11)12(15-16)13(20)18-6-4-17(9-19)5-7-18/h9,14H,2-8H2,1H3. The van der Waals surface area contributed by atoms with Crippen LogP contribution < -0.4 is 5.32 Å². The molecule has 0 aliphatic carbocycles. The molecule has 0 spiro atoms. The van der Waals surface area contributed by atoms with Crippen LogP contribution in [0.4, 0.5) is 0 Å². The molecule has 2 aliphatic rings. The number of piperazine rings is 1. The van der Waals surface area contributed by atoms with E-state index in [2.05, 4.69) is 10.4 Å². The highest BCUT2D eigenvalue weighted by Gasteiger charge is 2.28. The van der Waals surface area contributed by atoms with Gasteiger partial charge in [-0.3, -0.25) is 14.3 Å². The zero-order valence-electron chi connectivity index (χ0n) is 11.6. The highest BCUT2D eigenvalue weighted by Crippen LogP contribution is 2.19. The fraction of sp³-hybridized carbons (Fsp3) is 0.615. The quantitative estimate of drug-likeness (QED) is 0.703. The predicted molar refractivity (Wildman–Crippen MR) is 72.2 cm³/mol. The zero-order chi connectivity index (χ0) is 14.1. The van der Waals surface area contributed by atoms with Crippen molar-refractivity contribution in [2.24, 2.45) is 7.05 Å². The molecule has 1 fully saturated rings. The third-order valence-corrected chi connectivity index (χ3v) is 4.07. The number of carbonyl (C=O) groups is 2. The van der Waals surface area contributed by atoms with Crippen LogP contribution in [0.25, 0.3) is 0 Å². The van der Waals surface area contributed by atoms with E-state index in [0.717, 1.165) is 30.6 Å². The molecule has 0 unspecified atom stereocenters. The lowest BCUT2D eigenvalue weighted by molar-refractivity contribution is -0.119. The Morgan fingerprint density at radius 2 is 2.05 bits per heavy atom. The predicted octanol–water partition coefficient (Wildman–Crippen LogP) is -1.02. The molecule has 1 aromatic rings. The van der Waals surface area contributed by atoms with Crippen molar-refractivity contribution in [3.05, 3.63) is 17.0 Å². The van der Waals surface area contributed by atoms with E-state index >= 15 is 0 Å². The summed E-state index contributed by atoms with van der Waals surface area (Å²) in [5.74, 6) is -0.0175. The largest absolute Gasteiger partial charge is 0.342 e. The third-order valence-electron chi connectivity index (χ3n) is 4.07. The van der Waals surface area contributed by atoms with Gasteiger partial charge in [-0.2, -0.15) is 5.10 Å².